The molecule has 2 aromatic rings. The van der Waals surface area contributed by atoms with Gasteiger partial charge in [0.2, 0.25) is 0 Å². The monoisotopic (exact) mass is 439 g/mol. The molecule has 1 amide bonds. The molecular weight excluding hydrogens is 425 g/mol. The first-order valence-electron chi connectivity index (χ1n) is 7.57. The molecule has 11 heteroatoms. The van der Waals surface area contributed by atoms with Crippen molar-refractivity contribution in [3.05, 3.63) is 69.7 Å². The van der Waals surface area contributed by atoms with Gasteiger partial charge in [-0.3, -0.25) is 14.4 Å². The van der Waals surface area contributed by atoms with Crippen molar-refractivity contribution in [2.75, 3.05) is 0 Å². The van der Waals surface area contributed by atoms with E-state index in [-0.39, 0.29) is 13.1 Å². The average molecular weight is 440 g/mol. The van der Waals surface area contributed by atoms with Crippen LogP contribution in [0.1, 0.15) is 11.1 Å². The number of carbonyl (C=O) groups excluding carboxylic acids is 1. The van der Waals surface area contributed by atoms with Gasteiger partial charge in [0, 0.05) is 23.1 Å². The largest absolute Gasteiger partial charge is 0.471 e. The molecule has 0 heterocycles. The zero-order chi connectivity index (χ0) is 20.1. The molecule has 2 aromatic carbocycles. The van der Waals surface area contributed by atoms with Crippen LogP contribution in [0.5, 0.6) is 0 Å². The Hall–Kier alpha value is -1.57. The van der Waals surface area contributed by atoms with Crippen molar-refractivity contribution in [3.63, 3.8) is 0 Å². The Morgan fingerprint density at radius 1 is 0.889 bits per heavy atom. The molecule has 0 aliphatic heterocycles. The first kappa shape index (κ1) is 21.7. The van der Waals surface area contributed by atoms with Gasteiger partial charge >= 0.3 is 19.7 Å². The summed E-state index contributed by atoms with van der Waals surface area (Å²) in [6, 6.07) is 13.1. The van der Waals surface area contributed by atoms with E-state index in [9.17, 15) is 22.5 Å². The second kappa shape index (κ2) is 9.08. The van der Waals surface area contributed by atoms with E-state index in [1.54, 1.807) is 48.5 Å². The van der Waals surface area contributed by atoms with Gasteiger partial charge in [0.05, 0.1) is 0 Å². The van der Waals surface area contributed by atoms with Gasteiger partial charge in [-0.2, -0.15) is 13.2 Å². The normalized spacial score (nSPS) is 12.0. The van der Waals surface area contributed by atoms with Gasteiger partial charge in [-0.1, -0.05) is 59.6 Å². The van der Waals surface area contributed by atoms with Crippen LogP contribution >= 0.6 is 30.8 Å². The van der Waals surface area contributed by atoms with Crippen LogP contribution in [-0.2, 0) is 22.4 Å². The van der Waals surface area contributed by atoms with Gasteiger partial charge in [0.1, 0.15) is 0 Å². The average Bonchev–Trinajstić information content (AvgIpc) is 2.60. The van der Waals surface area contributed by atoms with Crippen LogP contribution in [0, 0.1) is 0 Å². The van der Waals surface area contributed by atoms with E-state index >= 15 is 0 Å². The summed E-state index contributed by atoms with van der Waals surface area (Å²) in [5.41, 5.74) is 1.00. The Morgan fingerprint density at radius 3 is 1.67 bits per heavy atom. The van der Waals surface area contributed by atoms with E-state index in [0.29, 0.717) is 21.2 Å². The number of alkyl halides is 3. The third kappa shape index (κ3) is 6.52. The van der Waals surface area contributed by atoms with Gasteiger partial charge in [-0.25, -0.2) is 10.2 Å². The molecule has 0 aliphatic carbocycles. The lowest BCUT2D eigenvalue weighted by atomic mass is 10.2. The van der Waals surface area contributed by atoms with Crippen molar-refractivity contribution in [1.82, 2.24) is 15.3 Å². The molecule has 0 spiro atoms. The minimum Gasteiger partial charge on any atom is -0.275 e. The lowest BCUT2D eigenvalue weighted by molar-refractivity contribution is -0.171. The molecule has 146 valence electrons. The van der Waals surface area contributed by atoms with Crippen molar-refractivity contribution < 1.29 is 22.5 Å². The molecule has 3 N–H and O–H groups in total. The van der Waals surface area contributed by atoms with Crippen LogP contribution in [0.25, 0.3) is 0 Å². The molecular formula is C16H15Cl2F3N3O2P. The fourth-order valence-corrected chi connectivity index (χ4v) is 3.89. The number of hydrogen-bond acceptors (Lipinski definition) is 2. The van der Waals surface area contributed by atoms with E-state index < -0.39 is 19.7 Å². The van der Waals surface area contributed by atoms with Crippen LogP contribution in [-0.4, -0.2) is 12.1 Å². The lowest BCUT2D eigenvalue weighted by Crippen LogP contribution is -2.41. The predicted molar refractivity (Wildman–Crippen MR) is 98.4 cm³/mol. The number of benzene rings is 2. The van der Waals surface area contributed by atoms with Gasteiger partial charge in [-0.15, -0.1) is 0 Å². The second-order valence-corrected chi connectivity index (χ2v) is 8.29. The Bertz CT molecular complexity index is 811. The summed E-state index contributed by atoms with van der Waals surface area (Å²) in [5, 5.41) is 7.03. The number of amides is 1. The minimum atomic E-state index is -5.19. The summed E-state index contributed by atoms with van der Waals surface area (Å²) < 4.78 is 50.7. The van der Waals surface area contributed by atoms with Crippen LogP contribution < -0.4 is 15.3 Å². The molecule has 0 saturated carbocycles. The fraction of sp³-hybridized carbons (Fsp3) is 0.188. The summed E-state index contributed by atoms with van der Waals surface area (Å²) in [5.74, 6) is -2.33. The molecule has 5 nitrogen and oxygen atoms in total. The number of carbonyl (C=O) groups is 1. The highest BCUT2D eigenvalue weighted by atomic mass is 35.5. The van der Waals surface area contributed by atoms with Crippen molar-refractivity contribution in [3.8, 4) is 0 Å². The predicted octanol–water partition coefficient (Wildman–Crippen LogP) is 4.66. The first-order valence-corrected chi connectivity index (χ1v) is 10.0. The van der Waals surface area contributed by atoms with Gasteiger partial charge < -0.3 is 0 Å². The van der Waals surface area contributed by atoms with E-state index in [1.807, 2.05) is 0 Å². The quantitative estimate of drug-likeness (QED) is 0.548. The molecule has 0 fully saturated rings. The van der Waals surface area contributed by atoms with Crippen LogP contribution in [0.4, 0.5) is 13.2 Å². The van der Waals surface area contributed by atoms with Crippen LogP contribution in [0.3, 0.4) is 0 Å². The number of nitrogens with one attached hydrogen (secondary N) is 3. The number of hydrogen-bond donors (Lipinski definition) is 3. The van der Waals surface area contributed by atoms with Gasteiger partial charge in [0.25, 0.3) is 0 Å². The molecule has 0 bridgehead atoms. The summed E-state index contributed by atoms with van der Waals surface area (Å²) >= 11 is 12.0. The molecule has 27 heavy (non-hydrogen) atoms. The van der Waals surface area contributed by atoms with Crippen molar-refractivity contribution in [2.45, 2.75) is 19.3 Å². The maximum atomic E-state index is 12.9. The highest BCUT2D eigenvalue weighted by Crippen LogP contribution is 2.35. The standard InChI is InChI=1S/C16H15Cl2F3N3O2P/c17-13-7-3-1-5-11(13)9-22-27(26,24-15(25)16(19,20)21)23-10-12-6-2-4-8-14(12)18/h1-8H,9-10H2,(H3,22,23,24,25,26). The zero-order valence-corrected chi connectivity index (χ0v) is 16.1. The van der Waals surface area contributed by atoms with E-state index in [0.717, 1.165) is 0 Å². The summed E-state index contributed by atoms with van der Waals surface area (Å²) in [6.45, 7) is -0.269. The summed E-state index contributed by atoms with van der Waals surface area (Å²) in [7, 11) is -4.18. The Labute approximate surface area is 163 Å². The topological polar surface area (TPSA) is 70.2 Å². The molecule has 0 aliphatic rings. The van der Waals surface area contributed by atoms with Gasteiger partial charge in [0.15, 0.2) is 0 Å². The van der Waals surface area contributed by atoms with Crippen molar-refractivity contribution >= 4 is 36.7 Å². The van der Waals surface area contributed by atoms with Crippen molar-refractivity contribution in [1.29, 1.82) is 0 Å². The molecule has 0 unspecified atom stereocenters. The SMILES string of the molecule is O=C(NP(=O)(NCc1ccccc1Cl)NCc1ccccc1Cl)C(F)(F)F. The number of halogens is 5. The molecule has 0 aromatic heterocycles. The maximum Gasteiger partial charge on any atom is 0.471 e. The molecule has 0 radical (unpaired) electrons. The third-order valence-electron chi connectivity index (χ3n) is 3.42. The van der Waals surface area contributed by atoms with Crippen molar-refractivity contribution in [2.24, 2.45) is 0 Å². The molecule has 2 rings (SSSR count). The molecule has 0 atom stereocenters. The van der Waals surface area contributed by atoms with Crippen LogP contribution in [0.15, 0.2) is 48.5 Å². The number of rotatable bonds is 7. The Morgan fingerprint density at radius 2 is 1.30 bits per heavy atom. The van der Waals surface area contributed by atoms with Crippen LogP contribution in [0.2, 0.25) is 10.0 Å². The minimum absolute atomic E-state index is 0.134. The fourth-order valence-electron chi connectivity index (χ4n) is 2.02. The smallest absolute Gasteiger partial charge is 0.275 e. The third-order valence-corrected chi connectivity index (χ3v) is 5.88. The first-order chi connectivity index (χ1) is 12.6. The maximum absolute atomic E-state index is 12.9. The summed E-state index contributed by atoms with van der Waals surface area (Å²) in [4.78, 5) is 11.3. The highest BCUT2D eigenvalue weighted by molar-refractivity contribution is 7.58. The second-order valence-electron chi connectivity index (χ2n) is 5.40. The van der Waals surface area contributed by atoms with E-state index in [1.165, 1.54) is 5.09 Å². The Kier molecular flexibility index (Phi) is 7.31. The van der Waals surface area contributed by atoms with Gasteiger partial charge in [-0.05, 0) is 23.3 Å². The van der Waals surface area contributed by atoms with E-state index in [4.69, 9.17) is 23.2 Å². The highest BCUT2D eigenvalue weighted by Gasteiger charge is 2.42. The molecule has 0 saturated heterocycles. The zero-order valence-electron chi connectivity index (χ0n) is 13.7. The Balaban J connectivity index is 2.17. The van der Waals surface area contributed by atoms with E-state index in [2.05, 4.69) is 10.2 Å². The lowest BCUT2D eigenvalue weighted by Gasteiger charge is -2.23. The summed E-state index contributed by atoms with van der Waals surface area (Å²) in [6.07, 6.45) is -5.19.